The SMILES string of the molecule is CCNC(=O)C(C)(C)CNC(=NC)NC1CCN(C(=O)CC)C1.I. The van der Waals surface area contributed by atoms with Gasteiger partial charge in [0.25, 0.3) is 0 Å². The summed E-state index contributed by atoms with van der Waals surface area (Å²) in [4.78, 5) is 29.8. The fourth-order valence-corrected chi connectivity index (χ4v) is 2.50. The van der Waals surface area contributed by atoms with Crippen LogP contribution in [0.4, 0.5) is 0 Å². The zero-order valence-electron chi connectivity index (χ0n) is 15.4. The molecule has 1 saturated heterocycles. The van der Waals surface area contributed by atoms with Crippen molar-refractivity contribution in [2.24, 2.45) is 10.4 Å². The van der Waals surface area contributed by atoms with E-state index in [0.717, 1.165) is 13.0 Å². The normalized spacial score (nSPS) is 18.0. The van der Waals surface area contributed by atoms with Crippen LogP contribution in [0.2, 0.25) is 0 Å². The van der Waals surface area contributed by atoms with Crippen LogP contribution in [0.15, 0.2) is 4.99 Å². The van der Waals surface area contributed by atoms with E-state index in [-0.39, 0.29) is 41.8 Å². The van der Waals surface area contributed by atoms with E-state index in [1.807, 2.05) is 32.6 Å². The highest BCUT2D eigenvalue weighted by Crippen LogP contribution is 2.14. The minimum atomic E-state index is -0.520. The molecule has 1 unspecified atom stereocenters. The maximum atomic E-state index is 12.0. The molecule has 0 saturated carbocycles. The van der Waals surface area contributed by atoms with Gasteiger partial charge in [-0.05, 0) is 27.2 Å². The predicted octanol–water partition coefficient (Wildman–Crippen LogP) is 0.943. The van der Waals surface area contributed by atoms with Crippen molar-refractivity contribution in [1.29, 1.82) is 0 Å². The number of aliphatic imine (C=N–C) groups is 1. The van der Waals surface area contributed by atoms with Crippen molar-refractivity contribution >= 4 is 41.8 Å². The van der Waals surface area contributed by atoms with Crippen LogP contribution in [0.25, 0.3) is 0 Å². The van der Waals surface area contributed by atoms with Crippen molar-refractivity contribution in [2.45, 2.75) is 46.6 Å². The van der Waals surface area contributed by atoms with E-state index in [9.17, 15) is 9.59 Å². The molecule has 0 bridgehead atoms. The Morgan fingerprint density at radius 1 is 1.25 bits per heavy atom. The van der Waals surface area contributed by atoms with Crippen molar-refractivity contribution in [1.82, 2.24) is 20.9 Å². The minimum Gasteiger partial charge on any atom is -0.356 e. The Kier molecular flexibility index (Phi) is 10.3. The zero-order chi connectivity index (χ0) is 17.5. The van der Waals surface area contributed by atoms with Gasteiger partial charge in [-0.25, -0.2) is 0 Å². The summed E-state index contributed by atoms with van der Waals surface area (Å²) >= 11 is 0. The van der Waals surface area contributed by atoms with Gasteiger partial charge in [0.05, 0.1) is 5.41 Å². The first-order chi connectivity index (χ1) is 10.8. The lowest BCUT2D eigenvalue weighted by molar-refractivity contribution is -0.130. The Morgan fingerprint density at radius 2 is 1.92 bits per heavy atom. The fraction of sp³-hybridized carbons (Fsp3) is 0.812. The summed E-state index contributed by atoms with van der Waals surface area (Å²) in [6.07, 6.45) is 1.45. The van der Waals surface area contributed by atoms with E-state index in [4.69, 9.17) is 0 Å². The molecule has 140 valence electrons. The molecule has 0 radical (unpaired) electrons. The number of nitrogens with zero attached hydrogens (tertiary/aromatic N) is 2. The first-order valence-corrected chi connectivity index (χ1v) is 8.37. The third-order valence-electron chi connectivity index (χ3n) is 4.06. The van der Waals surface area contributed by atoms with Crippen LogP contribution in [0, 0.1) is 5.41 Å². The number of rotatable bonds is 6. The quantitative estimate of drug-likeness (QED) is 0.318. The maximum absolute atomic E-state index is 12.0. The second-order valence-electron chi connectivity index (χ2n) is 6.49. The van der Waals surface area contributed by atoms with Gasteiger partial charge in [-0.3, -0.25) is 14.6 Å². The molecule has 2 amide bonds. The molecule has 1 aliphatic heterocycles. The number of hydrogen-bond acceptors (Lipinski definition) is 3. The molecule has 24 heavy (non-hydrogen) atoms. The molecule has 0 aromatic rings. The Morgan fingerprint density at radius 3 is 2.46 bits per heavy atom. The lowest BCUT2D eigenvalue weighted by Crippen LogP contribution is -2.50. The van der Waals surface area contributed by atoms with Gasteiger partial charge in [0.2, 0.25) is 11.8 Å². The van der Waals surface area contributed by atoms with E-state index < -0.39 is 5.41 Å². The second-order valence-corrected chi connectivity index (χ2v) is 6.49. The summed E-state index contributed by atoms with van der Waals surface area (Å²) in [5, 5.41) is 9.38. The molecule has 1 aliphatic rings. The summed E-state index contributed by atoms with van der Waals surface area (Å²) in [6, 6.07) is 0.198. The van der Waals surface area contributed by atoms with Crippen molar-refractivity contribution in [3.05, 3.63) is 0 Å². The molecular formula is C16H32IN5O2. The average Bonchev–Trinajstić information content (AvgIpc) is 2.99. The molecule has 0 spiro atoms. The van der Waals surface area contributed by atoms with Gasteiger partial charge in [0.1, 0.15) is 0 Å². The Bertz CT molecular complexity index is 454. The number of halogens is 1. The van der Waals surface area contributed by atoms with Crippen LogP contribution in [-0.4, -0.2) is 61.9 Å². The van der Waals surface area contributed by atoms with Crippen LogP contribution in [0.5, 0.6) is 0 Å². The minimum absolute atomic E-state index is 0. The fourth-order valence-electron chi connectivity index (χ4n) is 2.50. The molecule has 1 atom stereocenters. The van der Waals surface area contributed by atoms with Gasteiger partial charge in [0, 0.05) is 45.7 Å². The van der Waals surface area contributed by atoms with Crippen LogP contribution in [0.1, 0.15) is 40.5 Å². The smallest absolute Gasteiger partial charge is 0.227 e. The lowest BCUT2D eigenvalue weighted by Gasteiger charge is -2.26. The van der Waals surface area contributed by atoms with Crippen molar-refractivity contribution in [3.63, 3.8) is 0 Å². The van der Waals surface area contributed by atoms with E-state index >= 15 is 0 Å². The van der Waals surface area contributed by atoms with Crippen LogP contribution < -0.4 is 16.0 Å². The van der Waals surface area contributed by atoms with Crippen molar-refractivity contribution in [2.75, 3.05) is 33.2 Å². The Labute approximate surface area is 162 Å². The van der Waals surface area contributed by atoms with Gasteiger partial charge in [-0.15, -0.1) is 24.0 Å². The molecule has 7 nitrogen and oxygen atoms in total. The molecule has 1 rings (SSSR count). The molecule has 0 aromatic carbocycles. The highest BCUT2D eigenvalue weighted by molar-refractivity contribution is 14.0. The summed E-state index contributed by atoms with van der Waals surface area (Å²) < 4.78 is 0. The third-order valence-corrected chi connectivity index (χ3v) is 4.06. The van der Waals surface area contributed by atoms with E-state index in [0.29, 0.717) is 32.0 Å². The molecule has 1 fully saturated rings. The van der Waals surface area contributed by atoms with Gasteiger partial charge >= 0.3 is 0 Å². The number of hydrogen-bond donors (Lipinski definition) is 3. The molecule has 0 aliphatic carbocycles. The Balaban J connectivity index is 0.00000529. The monoisotopic (exact) mass is 453 g/mol. The van der Waals surface area contributed by atoms with E-state index in [2.05, 4.69) is 20.9 Å². The molecule has 0 aromatic heterocycles. The molecule has 3 N–H and O–H groups in total. The number of guanidine groups is 1. The van der Waals surface area contributed by atoms with Gasteiger partial charge in [-0.2, -0.15) is 0 Å². The zero-order valence-corrected chi connectivity index (χ0v) is 17.8. The standard InChI is InChI=1S/C16H31N5O2.HI/c1-6-13(22)21-9-8-12(10-21)20-15(17-5)19-11-16(3,4)14(23)18-7-2;/h12H,6-11H2,1-5H3,(H,18,23)(H2,17,19,20);1H. The van der Waals surface area contributed by atoms with Gasteiger partial charge < -0.3 is 20.9 Å². The number of nitrogens with one attached hydrogen (secondary N) is 3. The maximum Gasteiger partial charge on any atom is 0.227 e. The Hall–Kier alpha value is -1.06. The van der Waals surface area contributed by atoms with E-state index in [1.165, 1.54) is 0 Å². The summed E-state index contributed by atoms with van der Waals surface area (Å²) in [7, 11) is 1.71. The first-order valence-electron chi connectivity index (χ1n) is 8.37. The highest BCUT2D eigenvalue weighted by atomic mass is 127. The average molecular weight is 453 g/mol. The summed E-state index contributed by atoms with van der Waals surface area (Å²) in [6.45, 7) is 10.2. The lowest BCUT2D eigenvalue weighted by atomic mass is 9.92. The molecule has 8 heteroatoms. The number of carbonyl (C=O) groups is 2. The number of amides is 2. The second kappa shape index (κ2) is 10.7. The van der Waals surface area contributed by atoms with E-state index in [1.54, 1.807) is 7.05 Å². The summed E-state index contributed by atoms with van der Waals surface area (Å²) in [5.74, 6) is 0.872. The molecular weight excluding hydrogens is 421 g/mol. The van der Waals surface area contributed by atoms with Crippen molar-refractivity contribution in [3.8, 4) is 0 Å². The van der Waals surface area contributed by atoms with Gasteiger partial charge in [-0.1, -0.05) is 6.92 Å². The predicted molar refractivity (Wildman–Crippen MR) is 108 cm³/mol. The molecule has 1 heterocycles. The van der Waals surface area contributed by atoms with Gasteiger partial charge in [0.15, 0.2) is 5.96 Å². The van der Waals surface area contributed by atoms with Crippen LogP contribution in [0.3, 0.4) is 0 Å². The summed E-state index contributed by atoms with van der Waals surface area (Å²) in [5.41, 5.74) is -0.520. The number of carbonyl (C=O) groups excluding carboxylic acids is 2. The first kappa shape index (κ1) is 22.9. The topological polar surface area (TPSA) is 85.8 Å². The van der Waals surface area contributed by atoms with Crippen LogP contribution in [-0.2, 0) is 9.59 Å². The highest BCUT2D eigenvalue weighted by Gasteiger charge is 2.29. The number of likely N-dealkylation sites (tertiary alicyclic amines) is 1. The largest absolute Gasteiger partial charge is 0.356 e. The third kappa shape index (κ3) is 6.82. The van der Waals surface area contributed by atoms with Crippen LogP contribution >= 0.6 is 24.0 Å². The van der Waals surface area contributed by atoms with Crippen molar-refractivity contribution < 1.29 is 9.59 Å².